The highest BCUT2D eigenvalue weighted by atomic mass is 32.2. The summed E-state index contributed by atoms with van der Waals surface area (Å²) in [4.78, 5) is 0. The molecule has 0 aliphatic carbocycles. The van der Waals surface area contributed by atoms with Crippen molar-refractivity contribution in [3.05, 3.63) is 0 Å². The first kappa shape index (κ1) is 10.9. The van der Waals surface area contributed by atoms with Crippen molar-refractivity contribution in [2.45, 2.75) is 13.0 Å². The largest absolute Gasteiger partial charge is 0.312 e. The molecule has 0 amide bonds. The topological polar surface area (TPSA) is 52.7 Å². The molecule has 1 rings (SSSR count). The van der Waals surface area contributed by atoms with Crippen molar-refractivity contribution in [1.29, 1.82) is 0 Å². The van der Waals surface area contributed by atoms with E-state index in [1.807, 2.05) is 6.92 Å². The van der Waals surface area contributed by atoms with Crippen LogP contribution >= 0.6 is 0 Å². The minimum Gasteiger partial charge on any atom is -0.312 e. The second-order valence-corrected chi connectivity index (χ2v) is 5.65. The van der Waals surface area contributed by atoms with E-state index in [0.29, 0.717) is 13.1 Å². The molecule has 6 heteroatoms. The molecule has 0 bridgehead atoms. The monoisotopic (exact) mass is 207 g/mol. The predicted octanol–water partition coefficient (Wildman–Crippen LogP) is -0.913. The summed E-state index contributed by atoms with van der Waals surface area (Å²) in [6.45, 7) is 3.83. The van der Waals surface area contributed by atoms with Gasteiger partial charge in [0.25, 0.3) is 10.2 Å². The molecule has 1 atom stereocenters. The van der Waals surface area contributed by atoms with Crippen LogP contribution in [0.25, 0.3) is 0 Å². The van der Waals surface area contributed by atoms with Gasteiger partial charge < -0.3 is 5.32 Å². The second kappa shape index (κ2) is 3.91. The molecule has 0 aromatic heterocycles. The molecule has 0 aromatic rings. The van der Waals surface area contributed by atoms with E-state index in [-0.39, 0.29) is 6.04 Å². The van der Waals surface area contributed by atoms with Crippen LogP contribution < -0.4 is 5.32 Å². The minimum absolute atomic E-state index is 0.239. The predicted molar refractivity (Wildman–Crippen MR) is 51.6 cm³/mol. The zero-order chi connectivity index (χ0) is 10.1. The summed E-state index contributed by atoms with van der Waals surface area (Å²) in [7, 11) is -0.0911. The first-order chi connectivity index (χ1) is 5.94. The normalized spacial score (nSPS) is 26.6. The maximum absolute atomic E-state index is 11.7. The Morgan fingerprint density at radius 2 is 2.08 bits per heavy atom. The number of piperazine rings is 1. The molecule has 1 aliphatic heterocycles. The molecule has 1 aliphatic rings. The van der Waals surface area contributed by atoms with Crippen LogP contribution in [-0.2, 0) is 10.2 Å². The van der Waals surface area contributed by atoms with Crippen molar-refractivity contribution >= 4 is 10.2 Å². The van der Waals surface area contributed by atoms with Crippen molar-refractivity contribution in [3.63, 3.8) is 0 Å². The van der Waals surface area contributed by atoms with Gasteiger partial charge >= 0.3 is 0 Å². The summed E-state index contributed by atoms with van der Waals surface area (Å²) in [5.74, 6) is 0. The molecule has 1 heterocycles. The summed E-state index contributed by atoms with van der Waals surface area (Å²) < 4.78 is 26.1. The third kappa shape index (κ3) is 2.40. The SMILES string of the molecule is CC1CN(S(=O)(=O)N(C)C)CCN1. The first-order valence-corrected chi connectivity index (χ1v) is 5.75. The summed E-state index contributed by atoms with van der Waals surface area (Å²) >= 11 is 0. The second-order valence-electron chi connectivity index (χ2n) is 3.50. The fourth-order valence-corrected chi connectivity index (χ4v) is 2.53. The Balaban J connectivity index is 2.71. The molecule has 78 valence electrons. The minimum atomic E-state index is -3.21. The zero-order valence-electron chi connectivity index (χ0n) is 8.32. The van der Waals surface area contributed by atoms with E-state index in [4.69, 9.17) is 0 Å². The van der Waals surface area contributed by atoms with Gasteiger partial charge in [0, 0.05) is 39.8 Å². The van der Waals surface area contributed by atoms with Crippen LogP contribution in [0.2, 0.25) is 0 Å². The van der Waals surface area contributed by atoms with Gasteiger partial charge in [-0.25, -0.2) is 0 Å². The number of hydrogen-bond donors (Lipinski definition) is 1. The first-order valence-electron chi connectivity index (χ1n) is 4.35. The molecular weight excluding hydrogens is 190 g/mol. The molecule has 1 fully saturated rings. The molecule has 0 saturated carbocycles. The number of hydrogen-bond acceptors (Lipinski definition) is 3. The van der Waals surface area contributed by atoms with Gasteiger partial charge in [0.1, 0.15) is 0 Å². The van der Waals surface area contributed by atoms with Crippen molar-refractivity contribution in [2.24, 2.45) is 0 Å². The van der Waals surface area contributed by atoms with E-state index in [0.717, 1.165) is 6.54 Å². The maximum atomic E-state index is 11.7. The number of nitrogens with zero attached hydrogens (tertiary/aromatic N) is 2. The lowest BCUT2D eigenvalue weighted by Gasteiger charge is -2.32. The van der Waals surface area contributed by atoms with Crippen molar-refractivity contribution < 1.29 is 8.42 Å². The standard InChI is InChI=1S/C7H17N3O2S/c1-7-6-10(5-4-8-7)13(11,12)9(2)3/h7-8H,4-6H2,1-3H3. The van der Waals surface area contributed by atoms with Crippen LogP contribution in [0.15, 0.2) is 0 Å². The number of nitrogens with one attached hydrogen (secondary N) is 1. The molecule has 0 radical (unpaired) electrons. The average molecular weight is 207 g/mol. The van der Waals surface area contributed by atoms with E-state index >= 15 is 0 Å². The highest BCUT2D eigenvalue weighted by molar-refractivity contribution is 7.86. The van der Waals surface area contributed by atoms with Gasteiger partial charge in [-0.05, 0) is 6.92 Å². The van der Waals surface area contributed by atoms with Crippen LogP contribution in [0.4, 0.5) is 0 Å². The van der Waals surface area contributed by atoms with Crippen LogP contribution in [0, 0.1) is 0 Å². The van der Waals surface area contributed by atoms with Gasteiger partial charge in [0.15, 0.2) is 0 Å². The van der Waals surface area contributed by atoms with E-state index in [2.05, 4.69) is 5.32 Å². The van der Waals surface area contributed by atoms with Crippen LogP contribution in [-0.4, -0.2) is 56.8 Å². The average Bonchev–Trinajstić information content (AvgIpc) is 2.04. The van der Waals surface area contributed by atoms with Gasteiger partial charge in [0.05, 0.1) is 0 Å². The molecular formula is C7H17N3O2S. The third-order valence-corrected chi connectivity index (χ3v) is 4.03. The quantitative estimate of drug-likeness (QED) is 0.637. The molecule has 5 nitrogen and oxygen atoms in total. The van der Waals surface area contributed by atoms with Crippen LogP contribution in [0.5, 0.6) is 0 Å². The van der Waals surface area contributed by atoms with E-state index < -0.39 is 10.2 Å². The highest BCUT2D eigenvalue weighted by Crippen LogP contribution is 2.07. The Morgan fingerprint density at radius 1 is 1.46 bits per heavy atom. The van der Waals surface area contributed by atoms with E-state index in [1.165, 1.54) is 8.61 Å². The Kier molecular flexibility index (Phi) is 3.28. The molecule has 0 aromatic carbocycles. The van der Waals surface area contributed by atoms with Gasteiger partial charge in [-0.3, -0.25) is 0 Å². The van der Waals surface area contributed by atoms with Crippen LogP contribution in [0.1, 0.15) is 6.92 Å². The Labute approximate surface area is 79.9 Å². The summed E-state index contributed by atoms with van der Waals surface area (Å²) in [5, 5.41) is 3.20. The van der Waals surface area contributed by atoms with Crippen molar-refractivity contribution in [1.82, 2.24) is 13.9 Å². The highest BCUT2D eigenvalue weighted by Gasteiger charge is 2.28. The lowest BCUT2D eigenvalue weighted by Crippen LogP contribution is -2.53. The molecule has 1 saturated heterocycles. The summed E-state index contributed by atoms with van der Waals surface area (Å²) in [6, 6.07) is 0.239. The van der Waals surface area contributed by atoms with Crippen LogP contribution in [0.3, 0.4) is 0 Å². The summed E-state index contributed by atoms with van der Waals surface area (Å²) in [6.07, 6.45) is 0. The smallest absolute Gasteiger partial charge is 0.281 e. The lowest BCUT2D eigenvalue weighted by molar-refractivity contribution is 0.294. The Morgan fingerprint density at radius 3 is 2.54 bits per heavy atom. The summed E-state index contributed by atoms with van der Waals surface area (Å²) in [5.41, 5.74) is 0. The van der Waals surface area contributed by atoms with Gasteiger partial charge in [-0.1, -0.05) is 0 Å². The number of rotatable bonds is 2. The molecule has 1 unspecified atom stereocenters. The van der Waals surface area contributed by atoms with Gasteiger partial charge in [0.2, 0.25) is 0 Å². The van der Waals surface area contributed by atoms with Gasteiger partial charge in [-0.15, -0.1) is 0 Å². The Bertz CT molecular complexity index is 263. The van der Waals surface area contributed by atoms with Crippen molar-refractivity contribution in [2.75, 3.05) is 33.7 Å². The Hall–Kier alpha value is -0.170. The van der Waals surface area contributed by atoms with E-state index in [9.17, 15) is 8.42 Å². The molecule has 1 N–H and O–H groups in total. The fourth-order valence-electron chi connectivity index (χ4n) is 1.34. The fraction of sp³-hybridized carbons (Fsp3) is 1.00. The zero-order valence-corrected chi connectivity index (χ0v) is 9.13. The molecule has 0 spiro atoms. The lowest BCUT2D eigenvalue weighted by atomic mass is 10.3. The molecule has 13 heavy (non-hydrogen) atoms. The van der Waals surface area contributed by atoms with E-state index in [1.54, 1.807) is 14.1 Å². The maximum Gasteiger partial charge on any atom is 0.281 e. The van der Waals surface area contributed by atoms with Gasteiger partial charge in [-0.2, -0.15) is 17.0 Å². The third-order valence-electron chi connectivity index (χ3n) is 2.12. The van der Waals surface area contributed by atoms with Crippen molar-refractivity contribution in [3.8, 4) is 0 Å².